The van der Waals surface area contributed by atoms with Crippen molar-refractivity contribution in [2.24, 2.45) is 0 Å². The molecule has 6 heteroatoms. The van der Waals surface area contributed by atoms with Crippen molar-refractivity contribution in [3.8, 4) is 0 Å². The van der Waals surface area contributed by atoms with Gasteiger partial charge in [0.15, 0.2) is 9.84 Å². The molecule has 2 N–H and O–H groups in total. The van der Waals surface area contributed by atoms with Crippen LogP contribution in [-0.2, 0) is 9.84 Å². The Morgan fingerprint density at radius 1 is 1.04 bits per heavy atom. The largest absolute Gasteiger partial charge is 0.361 e. The zero-order valence-corrected chi connectivity index (χ0v) is 15.3. The summed E-state index contributed by atoms with van der Waals surface area (Å²) in [6, 6.07) is 16.2. The molecule has 3 aromatic rings. The monoisotopic (exact) mass is 357 g/mol. The van der Waals surface area contributed by atoms with Crippen molar-refractivity contribution in [3.05, 3.63) is 66.4 Å². The highest BCUT2D eigenvalue weighted by molar-refractivity contribution is 7.91. The summed E-state index contributed by atoms with van der Waals surface area (Å²) in [7, 11) is 0.370. The number of nitrogens with one attached hydrogen (secondary N) is 2. The second-order valence-electron chi connectivity index (χ2n) is 6.28. The van der Waals surface area contributed by atoms with Gasteiger partial charge in [-0.25, -0.2) is 8.42 Å². The van der Waals surface area contributed by atoms with E-state index >= 15 is 0 Å². The van der Waals surface area contributed by atoms with Gasteiger partial charge in [-0.2, -0.15) is 0 Å². The van der Waals surface area contributed by atoms with Gasteiger partial charge in [0, 0.05) is 30.2 Å². The lowest BCUT2D eigenvalue weighted by Gasteiger charge is -2.22. The van der Waals surface area contributed by atoms with Crippen molar-refractivity contribution in [1.29, 1.82) is 0 Å². The van der Waals surface area contributed by atoms with E-state index in [0.29, 0.717) is 11.4 Å². The van der Waals surface area contributed by atoms with E-state index in [-0.39, 0.29) is 0 Å². The van der Waals surface area contributed by atoms with Crippen LogP contribution in [0.25, 0.3) is 10.9 Å². The van der Waals surface area contributed by atoms with E-state index < -0.39 is 15.2 Å². The Kier molecular flexibility index (Phi) is 5.22. The fraction of sp³-hybridized carbons (Fsp3) is 0.263. The SMILES string of the molecule is CN(C)CCNC(c1cccc2[nH]ccc12)S(=O)(=O)c1ccccc1. The molecule has 0 saturated heterocycles. The molecule has 0 saturated carbocycles. The smallest absolute Gasteiger partial charge is 0.198 e. The van der Waals surface area contributed by atoms with Gasteiger partial charge in [-0.15, -0.1) is 0 Å². The lowest BCUT2D eigenvalue weighted by Crippen LogP contribution is -2.34. The minimum Gasteiger partial charge on any atom is -0.361 e. The van der Waals surface area contributed by atoms with Crippen LogP contribution in [0.1, 0.15) is 10.9 Å². The first kappa shape index (κ1) is 17.7. The van der Waals surface area contributed by atoms with E-state index in [9.17, 15) is 8.42 Å². The molecule has 2 aromatic carbocycles. The molecule has 0 bridgehead atoms. The highest BCUT2D eigenvalue weighted by atomic mass is 32.2. The van der Waals surface area contributed by atoms with Gasteiger partial charge in [0.25, 0.3) is 0 Å². The molecule has 5 nitrogen and oxygen atoms in total. The van der Waals surface area contributed by atoms with Gasteiger partial charge in [0.1, 0.15) is 5.37 Å². The molecule has 1 unspecified atom stereocenters. The Bertz CT molecular complexity index is 933. The van der Waals surface area contributed by atoms with Crippen LogP contribution in [0.4, 0.5) is 0 Å². The van der Waals surface area contributed by atoms with Crippen molar-refractivity contribution < 1.29 is 8.42 Å². The van der Waals surface area contributed by atoms with Gasteiger partial charge < -0.3 is 9.88 Å². The van der Waals surface area contributed by atoms with Crippen molar-refractivity contribution in [2.75, 3.05) is 27.2 Å². The number of aromatic amines is 1. The Balaban J connectivity index is 2.05. The number of aromatic nitrogens is 1. The number of H-pyrrole nitrogens is 1. The van der Waals surface area contributed by atoms with Gasteiger partial charge in [-0.05, 0) is 43.9 Å². The highest BCUT2D eigenvalue weighted by Gasteiger charge is 2.30. The molecule has 0 aliphatic heterocycles. The van der Waals surface area contributed by atoms with Crippen LogP contribution in [-0.4, -0.2) is 45.5 Å². The normalized spacial score (nSPS) is 13.4. The molecule has 3 rings (SSSR count). The quantitative estimate of drug-likeness (QED) is 0.682. The van der Waals surface area contributed by atoms with Crippen LogP contribution in [0, 0.1) is 0 Å². The molecular weight excluding hydrogens is 334 g/mol. The summed E-state index contributed by atoms with van der Waals surface area (Å²) in [5.74, 6) is 0. The summed E-state index contributed by atoms with van der Waals surface area (Å²) >= 11 is 0. The number of hydrogen-bond acceptors (Lipinski definition) is 4. The summed E-state index contributed by atoms with van der Waals surface area (Å²) in [6.07, 6.45) is 1.83. The van der Waals surface area contributed by atoms with Crippen LogP contribution in [0.5, 0.6) is 0 Å². The molecule has 0 spiro atoms. The summed E-state index contributed by atoms with van der Waals surface area (Å²) in [5, 5.41) is 3.37. The number of hydrogen-bond donors (Lipinski definition) is 2. The van der Waals surface area contributed by atoms with E-state index in [1.165, 1.54) is 0 Å². The first-order valence-corrected chi connectivity index (χ1v) is 9.78. The number of benzene rings is 2. The fourth-order valence-corrected chi connectivity index (χ4v) is 4.58. The van der Waals surface area contributed by atoms with Crippen LogP contribution in [0.15, 0.2) is 65.7 Å². The third-order valence-electron chi connectivity index (χ3n) is 4.18. The van der Waals surface area contributed by atoms with Crippen molar-refractivity contribution in [2.45, 2.75) is 10.3 Å². The zero-order valence-electron chi connectivity index (χ0n) is 14.4. The molecule has 0 amide bonds. The number of likely N-dealkylation sites (N-methyl/N-ethyl adjacent to an activating group) is 1. The van der Waals surface area contributed by atoms with E-state index in [1.807, 2.05) is 55.5 Å². The minimum absolute atomic E-state index is 0.324. The van der Waals surface area contributed by atoms with Crippen LogP contribution >= 0.6 is 0 Å². The second kappa shape index (κ2) is 7.39. The first-order chi connectivity index (χ1) is 12.0. The number of fused-ring (bicyclic) bond motifs is 1. The summed E-state index contributed by atoms with van der Waals surface area (Å²) in [5.41, 5.74) is 1.70. The maximum absolute atomic E-state index is 13.3. The van der Waals surface area contributed by atoms with Crippen LogP contribution < -0.4 is 5.32 Å². The van der Waals surface area contributed by atoms with Gasteiger partial charge in [0.05, 0.1) is 4.90 Å². The van der Waals surface area contributed by atoms with E-state index in [2.05, 4.69) is 10.3 Å². The van der Waals surface area contributed by atoms with Gasteiger partial charge in [-0.1, -0.05) is 30.3 Å². The standard InChI is InChI=1S/C19H23N3O2S/c1-22(2)14-13-21-19(25(23,24)15-7-4-3-5-8-15)17-9-6-10-18-16(17)11-12-20-18/h3-12,19-21H,13-14H2,1-2H3. The summed E-state index contributed by atoms with van der Waals surface area (Å²) in [4.78, 5) is 5.50. The van der Waals surface area contributed by atoms with E-state index in [0.717, 1.165) is 23.0 Å². The number of rotatable bonds is 7. The average molecular weight is 357 g/mol. The van der Waals surface area contributed by atoms with Crippen molar-refractivity contribution in [3.63, 3.8) is 0 Å². The predicted octanol–water partition coefficient (Wildman–Crippen LogP) is 2.79. The molecule has 1 aromatic heterocycles. The predicted molar refractivity (Wildman–Crippen MR) is 101 cm³/mol. The minimum atomic E-state index is -3.56. The Morgan fingerprint density at radius 2 is 1.80 bits per heavy atom. The van der Waals surface area contributed by atoms with Crippen LogP contribution in [0.3, 0.4) is 0 Å². The molecule has 0 aliphatic rings. The van der Waals surface area contributed by atoms with Crippen molar-refractivity contribution in [1.82, 2.24) is 15.2 Å². The molecular formula is C19H23N3O2S. The Morgan fingerprint density at radius 3 is 2.52 bits per heavy atom. The molecule has 1 atom stereocenters. The summed E-state index contributed by atoms with van der Waals surface area (Å²) in [6.45, 7) is 1.33. The second-order valence-corrected chi connectivity index (χ2v) is 8.31. The summed E-state index contributed by atoms with van der Waals surface area (Å²) < 4.78 is 26.6. The van der Waals surface area contributed by atoms with E-state index in [1.54, 1.807) is 24.3 Å². The Labute approximate surface area is 148 Å². The van der Waals surface area contributed by atoms with Gasteiger partial charge >= 0.3 is 0 Å². The maximum Gasteiger partial charge on any atom is 0.198 e. The third kappa shape index (κ3) is 3.76. The average Bonchev–Trinajstić information content (AvgIpc) is 3.08. The maximum atomic E-state index is 13.3. The lowest BCUT2D eigenvalue weighted by molar-refractivity contribution is 0.396. The highest BCUT2D eigenvalue weighted by Crippen LogP contribution is 2.31. The fourth-order valence-electron chi connectivity index (χ4n) is 2.89. The molecule has 0 aliphatic carbocycles. The van der Waals surface area contributed by atoms with Crippen LogP contribution in [0.2, 0.25) is 0 Å². The zero-order chi connectivity index (χ0) is 17.9. The molecule has 1 heterocycles. The molecule has 0 fully saturated rings. The van der Waals surface area contributed by atoms with Gasteiger partial charge in [-0.3, -0.25) is 5.32 Å². The number of nitrogens with zero attached hydrogens (tertiary/aromatic N) is 1. The molecule has 0 radical (unpaired) electrons. The molecule has 25 heavy (non-hydrogen) atoms. The topological polar surface area (TPSA) is 65.2 Å². The first-order valence-electron chi connectivity index (χ1n) is 8.23. The van der Waals surface area contributed by atoms with E-state index in [4.69, 9.17) is 0 Å². The third-order valence-corrected chi connectivity index (χ3v) is 6.15. The van der Waals surface area contributed by atoms with Gasteiger partial charge in [0.2, 0.25) is 0 Å². The van der Waals surface area contributed by atoms with Crippen molar-refractivity contribution >= 4 is 20.7 Å². The molecule has 132 valence electrons. The Hall–Kier alpha value is -2.15. The number of sulfone groups is 1. The lowest BCUT2D eigenvalue weighted by atomic mass is 10.1.